The van der Waals surface area contributed by atoms with Crippen LogP contribution >= 0.6 is 15.9 Å². The Balaban J connectivity index is 2.09. The fraction of sp³-hybridized carbons (Fsp3) is 0.182. The third-order valence-electron chi connectivity index (χ3n) is 2.06. The summed E-state index contributed by atoms with van der Waals surface area (Å²) in [5.41, 5.74) is 0.966. The van der Waals surface area contributed by atoms with Crippen molar-refractivity contribution in [3.63, 3.8) is 0 Å². The Morgan fingerprint density at radius 1 is 1.47 bits per heavy atom. The zero-order valence-corrected chi connectivity index (χ0v) is 9.86. The standard InChI is InChI=1S/C11H11BrN2O/c1-8(11-3-2-4-15-11)14-10-5-9(12)6-13-7-10/h2-8,14H,1H3. The number of nitrogens with one attached hydrogen (secondary N) is 1. The van der Waals surface area contributed by atoms with Crippen LogP contribution in [0.25, 0.3) is 0 Å². The fourth-order valence-corrected chi connectivity index (χ4v) is 1.71. The molecule has 0 aliphatic carbocycles. The van der Waals surface area contributed by atoms with E-state index < -0.39 is 0 Å². The largest absolute Gasteiger partial charge is 0.467 e. The third kappa shape index (κ3) is 2.59. The Morgan fingerprint density at radius 2 is 2.33 bits per heavy atom. The summed E-state index contributed by atoms with van der Waals surface area (Å²) in [7, 11) is 0. The maximum absolute atomic E-state index is 5.30. The summed E-state index contributed by atoms with van der Waals surface area (Å²) in [5.74, 6) is 0.912. The van der Waals surface area contributed by atoms with Gasteiger partial charge in [-0.25, -0.2) is 0 Å². The molecule has 1 atom stereocenters. The Kier molecular flexibility index (Phi) is 3.06. The molecule has 0 bridgehead atoms. The molecule has 1 unspecified atom stereocenters. The van der Waals surface area contributed by atoms with Gasteiger partial charge in [-0.1, -0.05) is 0 Å². The van der Waals surface area contributed by atoms with Crippen molar-refractivity contribution in [1.82, 2.24) is 4.98 Å². The molecule has 78 valence electrons. The molecule has 3 nitrogen and oxygen atoms in total. The van der Waals surface area contributed by atoms with E-state index in [1.54, 1.807) is 18.7 Å². The molecular weight excluding hydrogens is 256 g/mol. The topological polar surface area (TPSA) is 38.1 Å². The van der Waals surface area contributed by atoms with Crippen LogP contribution in [0.4, 0.5) is 5.69 Å². The van der Waals surface area contributed by atoms with E-state index in [0.717, 1.165) is 15.9 Å². The summed E-state index contributed by atoms with van der Waals surface area (Å²) in [6, 6.07) is 5.94. The van der Waals surface area contributed by atoms with Crippen LogP contribution in [0.3, 0.4) is 0 Å². The smallest absolute Gasteiger partial charge is 0.125 e. The average Bonchev–Trinajstić information content (AvgIpc) is 2.70. The van der Waals surface area contributed by atoms with Crippen molar-refractivity contribution in [2.24, 2.45) is 0 Å². The van der Waals surface area contributed by atoms with E-state index in [-0.39, 0.29) is 6.04 Å². The zero-order chi connectivity index (χ0) is 10.7. The van der Waals surface area contributed by atoms with E-state index in [0.29, 0.717) is 0 Å². The van der Waals surface area contributed by atoms with Gasteiger partial charge in [0.15, 0.2) is 0 Å². The van der Waals surface area contributed by atoms with Crippen LogP contribution in [-0.2, 0) is 0 Å². The molecule has 0 spiro atoms. The maximum atomic E-state index is 5.30. The van der Waals surface area contributed by atoms with Gasteiger partial charge in [0.25, 0.3) is 0 Å². The van der Waals surface area contributed by atoms with Gasteiger partial charge in [-0.3, -0.25) is 4.98 Å². The number of furan rings is 1. The Hall–Kier alpha value is -1.29. The van der Waals surface area contributed by atoms with Crippen LogP contribution in [0.1, 0.15) is 18.7 Å². The summed E-state index contributed by atoms with van der Waals surface area (Å²) in [6.45, 7) is 2.04. The van der Waals surface area contributed by atoms with Crippen LogP contribution in [0.2, 0.25) is 0 Å². The predicted molar refractivity (Wildman–Crippen MR) is 62.7 cm³/mol. The number of rotatable bonds is 3. The molecule has 0 saturated heterocycles. The Labute approximate surface area is 96.6 Å². The highest BCUT2D eigenvalue weighted by atomic mass is 79.9. The number of nitrogens with zero attached hydrogens (tertiary/aromatic N) is 1. The molecule has 4 heteroatoms. The lowest BCUT2D eigenvalue weighted by Gasteiger charge is -2.12. The second kappa shape index (κ2) is 4.49. The molecule has 0 saturated carbocycles. The van der Waals surface area contributed by atoms with Crippen molar-refractivity contribution in [2.75, 3.05) is 5.32 Å². The minimum Gasteiger partial charge on any atom is -0.467 e. The lowest BCUT2D eigenvalue weighted by Crippen LogP contribution is -2.05. The summed E-state index contributed by atoms with van der Waals surface area (Å²) in [4.78, 5) is 4.08. The van der Waals surface area contributed by atoms with Crippen molar-refractivity contribution in [3.8, 4) is 0 Å². The van der Waals surface area contributed by atoms with Gasteiger partial charge in [-0.05, 0) is 41.1 Å². The summed E-state index contributed by atoms with van der Waals surface area (Å²) in [5, 5.41) is 3.30. The van der Waals surface area contributed by atoms with Crippen molar-refractivity contribution in [1.29, 1.82) is 0 Å². The number of halogens is 1. The molecule has 15 heavy (non-hydrogen) atoms. The van der Waals surface area contributed by atoms with Crippen LogP contribution in [0.15, 0.2) is 45.7 Å². The predicted octanol–water partition coefficient (Wildman–Crippen LogP) is 3.61. The first-order chi connectivity index (χ1) is 7.25. The number of pyridine rings is 1. The monoisotopic (exact) mass is 266 g/mol. The van der Waals surface area contributed by atoms with Gasteiger partial charge >= 0.3 is 0 Å². The lowest BCUT2D eigenvalue weighted by molar-refractivity contribution is 0.490. The summed E-state index contributed by atoms with van der Waals surface area (Å²) in [6.07, 6.45) is 5.21. The molecule has 0 radical (unpaired) electrons. The van der Waals surface area contributed by atoms with E-state index in [2.05, 4.69) is 26.2 Å². The van der Waals surface area contributed by atoms with Gasteiger partial charge < -0.3 is 9.73 Å². The SMILES string of the molecule is CC(Nc1cncc(Br)c1)c1ccco1. The van der Waals surface area contributed by atoms with Crippen molar-refractivity contribution in [2.45, 2.75) is 13.0 Å². The van der Waals surface area contributed by atoms with Gasteiger partial charge in [-0.15, -0.1) is 0 Å². The van der Waals surface area contributed by atoms with Gasteiger partial charge in [0.1, 0.15) is 5.76 Å². The first-order valence-corrected chi connectivity index (χ1v) is 5.45. The van der Waals surface area contributed by atoms with Gasteiger partial charge in [0.2, 0.25) is 0 Å². The Morgan fingerprint density at radius 3 is 3.00 bits per heavy atom. The van der Waals surface area contributed by atoms with Gasteiger partial charge in [0.05, 0.1) is 24.2 Å². The molecule has 2 aromatic heterocycles. The number of aromatic nitrogens is 1. The molecule has 1 N–H and O–H groups in total. The highest BCUT2D eigenvalue weighted by Crippen LogP contribution is 2.20. The molecule has 0 fully saturated rings. The lowest BCUT2D eigenvalue weighted by atomic mass is 10.2. The first-order valence-electron chi connectivity index (χ1n) is 4.66. The maximum Gasteiger partial charge on any atom is 0.125 e. The summed E-state index contributed by atoms with van der Waals surface area (Å²) < 4.78 is 6.26. The molecule has 0 aromatic carbocycles. The average molecular weight is 267 g/mol. The summed E-state index contributed by atoms with van der Waals surface area (Å²) >= 11 is 3.37. The van der Waals surface area contributed by atoms with Gasteiger partial charge in [0, 0.05) is 10.7 Å². The highest BCUT2D eigenvalue weighted by Gasteiger charge is 2.07. The quantitative estimate of drug-likeness (QED) is 0.923. The number of hydrogen-bond acceptors (Lipinski definition) is 3. The van der Waals surface area contributed by atoms with E-state index >= 15 is 0 Å². The van der Waals surface area contributed by atoms with Crippen LogP contribution < -0.4 is 5.32 Å². The molecule has 0 aliphatic heterocycles. The number of hydrogen-bond donors (Lipinski definition) is 1. The molecular formula is C11H11BrN2O. The first kappa shape index (κ1) is 10.2. The van der Waals surface area contributed by atoms with Gasteiger partial charge in [-0.2, -0.15) is 0 Å². The highest BCUT2D eigenvalue weighted by molar-refractivity contribution is 9.10. The van der Waals surface area contributed by atoms with E-state index in [1.807, 2.05) is 25.1 Å². The zero-order valence-electron chi connectivity index (χ0n) is 8.27. The van der Waals surface area contributed by atoms with E-state index in [9.17, 15) is 0 Å². The third-order valence-corrected chi connectivity index (χ3v) is 2.49. The minimum atomic E-state index is 0.135. The van der Waals surface area contributed by atoms with Crippen molar-refractivity contribution < 1.29 is 4.42 Å². The molecule has 0 aliphatic rings. The second-order valence-electron chi connectivity index (χ2n) is 3.27. The van der Waals surface area contributed by atoms with Crippen LogP contribution in [-0.4, -0.2) is 4.98 Å². The normalized spacial score (nSPS) is 12.4. The molecule has 2 heterocycles. The van der Waals surface area contributed by atoms with Crippen molar-refractivity contribution >= 4 is 21.6 Å². The Bertz CT molecular complexity index is 428. The van der Waals surface area contributed by atoms with Crippen LogP contribution in [0.5, 0.6) is 0 Å². The second-order valence-corrected chi connectivity index (χ2v) is 4.19. The van der Waals surface area contributed by atoms with E-state index in [4.69, 9.17) is 4.42 Å². The molecule has 2 rings (SSSR count). The fourth-order valence-electron chi connectivity index (χ4n) is 1.35. The number of anilines is 1. The molecule has 0 amide bonds. The minimum absolute atomic E-state index is 0.135. The van der Waals surface area contributed by atoms with Crippen molar-refractivity contribution in [3.05, 3.63) is 47.1 Å². The van der Waals surface area contributed by atoms with Crippen LogP contribution in [0, 0.1) is 0 Å². The molecule has 2 aromatic rings. The van der Waals surface area contributed by atoms with E-state index in [1.165, 1.54) is 0 Å².